The zero-order valence-electron chi connectivity index (χ0n) is 22.7. The van der Waals surface area contributed by atoms with E-state index in [1.807, 2.05) is 0 Å². The summed E-state index contributed by atoms with van der Waals surface area (Å²) in [4.78, 5) is 14.6. The van der Waals surface area contributed by atoms with Crippen molar-refractivity contribution in [3.8, 4) is 0 Å². The van der Waals surface area contributed by atoms with Gasteiger partial charge in [0.25, 0.3) is 0 Å². The Morgan fingerprint density at radius 1 is 1.00 bits per heavy atom. The van der Waals surface area contributed by atoms with E-state index in [1.54, 1.807) is 0 Å². The molecule has 0 radical (unpaired) electrons. The maximum Gasteiger partial charge on any atom is 0.435 e. The van der Waals surface area contributed by atoms with Crippen LogP contribution in [0.15, 0.2) is 47.4 Å². The van der Waals surface area contributed by atoms with E-state index in [2.05, 4.69) is 0 Å². The van der Waals surface area contributed by atoms with Crippen LogP contribution in [0.1, 0.15) is 36.5 Å². The van der Waals surface area contributed by atoms with Gasteiger partial charge in [0.1, 0.15) is 10.6 Å². The standard InChI is InChI=1S/C26H25F8N2O6PS/c1-22(13-41-43(35,38)42-14-22)21(37)36-11-10-23(44(39,40)18-6-4-17(27)5-7-18)19-8-3-16(12-15(19)2-9-20(23)36)24(28,25(29,30)31)26(32,33)34/h3-8,12,20H,2,9-11,13-14H2,1H3,(H2,35,38)/t20-,22?,23-,43?/m1/s1. The molecule has 3 aliphatic rings. The Labute approximate surface area is 246 Å². The predicted octanol–water partition coefficient (Wildman–Crippen LogP) is 5.45. The Morgan fingerprint density at radius 3 is 2.11 bits per heavy atom. The number of nitrogens with two attached hydrogens (primary N) is 1. The summed E-state index contributed by atoms with van der Waals surface area (Å²) in [5.41, 5.74) is -4.13. The van der Waals surface area contributed by atoms with Gasteiger partial charge in [-0.1, -0.05) is 18.2 Å². The first-order valence-corrected chi connectivity index (χ1v) is 16.2. The first-order valence-electron chi connectivity index (χ1n) is 13.1. The number of benzene rings is 2. The van der Waals surface area contributed by atoms with Gasteiger partial charge in [0.05, 0.1) is 29.6 Å². The van der Waals surface area contributed by atoms with E-state index in [0.717, 1.165) is 30.3 Å². The van der Waals surface area contributed by atoms with Crippen LogP contribution in [-0.2, 0) is 45.1 Å². The number of rotatable bonds is 4. The van der Waals surface area contributed by atoms with Crippen molar-refractivity contribution in [2.75, 3.05) is 19.8 Å². The molecule has 5 rings (SSSR count). The van der Waals surface area contributed by atoms with Crippen molar-refractivity contribution in [1.29, 1.82) is 0 Å². The Balaban J connectivity index is 1.67. The number of halogens is 8. The molecule has 2 fully saturated rings. The minimum Gasteiger partial charge on any atom is -0.337 e. The molecule has 2 atom stereocenters. The lowest BCUT2D eigenvalue weighted by molar-refractivity contribution is -0.348. The van der Waals surface area contributed by atoms with Crippen LogP contribution in [0.4, 0.5) is 35.1 Å². The highest BCUT2D eigenvalue weighted by Crippen LogP contribution is 2.57. The third-order valence-corrected chi connectivity index (χ3v) is 12.1. The number of hydrogen-bond donors (Lipinski definition) is 1. The molecule has 0 bridgehead atoms. The van der Waals surface area contributed by atoms with Crippen molar-refractivity contribution >= 4 is 23.5 Å². The Kier molecular flexibility index (Phi) is 7.61. The smallest absolute Gasteiger partial charge is 0.337 e. The monoisotopic (exact) mass is 676 g/mol. The molecule has 2 saturated heterocycles. The summed E-state index contributed by atoms with van der Waals surface area (Å²) in [6.45, 7) is 0.266. The third-order valence-electron chi connectivity index (χ3n) is 8.57. The van der Waals surface area contributed by atoms with Crippen LogP contribution in [0.25, 0.3) is 0 Å². The summed E-state index contributed by atoms with van der Waals surface area (Å²) < 4.78 is 159. The third kappa shape index (κ3) is 4.77. The van der Waals surface area contributed by atoms with Crippen LogP contribution in [0.5, 0.6) is 0 Å². The number of fused-ring (bicyclic) bond motifs is 3. The fourth-order valence-electron chi connectivity index (χ4n) is 6.31. The van der Waals surface area contributed by atoms with Gasteiger partial charge in [0, 0.05) is 12.1 Å². The largest absolute Gasteiger partial charge is 0.435 e. The summed E-state index contributed by atoms with van der Waals surface area (Å²) in [5.74, 6) is -1.47. The zero-order valence-corrected chi connectivity index (χ0v) is 24.4. The number of amides is 1. The molecule has 242 valence electrons. The van der Waals surface area contributed by atoms with Crippen LogP contribution in [0.2, 0.25) is 0 Å². The van der Waals surface area contributed by atoms with E-state index >= 15 is 0 Å². The van der Waals surface area contributed by atoms with Crippen LogP contribution in [0, 0.1) is 11.2 Å². The number of sulfone groups is 1. The van der Waals surface area contributed by atoms with Crippen molar-refractivity contribution in [1.82, 2.24) is 4.90 Å². The van der Waals surface area contributed by atoms with Crippen molar-refractivity contribution in [3.05, 3.63) is 65.0 Å². The number of nitrogens with zero attached hydrogens (tertiary/aromatic N) is 1. The number of likely N-dealkylation sites (tertiary alicyclic amines) is 1. The van der Waals surface area contributed by atoms with Crippen molar-refractivity contribution < 1.29 is 61.9 Å². The fourth-order valence-corrected chi connectivity index (χ4v) is 9.68. The van der Waals surface area contributed by atoms with E-state index in [4.69, 9.17) is 14.6 Å². The summed E-state index contributed by atoms with van der Waals surface area (Å²) in [7, 11) is -8.58. The lowest BCUT2D eigenvalue weighted by atomic mass is 9.76. The van der Waals surface area contributed by atoms with Gasteiger partial charge < -0.3 is 4.90 Å². The molecule has 1 amide bonds. The molecule has 8 nitrogen and oxygen atoms in total. The van der Waals surface area contributed by atoms with Crippen LogP contribution >= 0.6 is 7.75 Å². The van der Waals surface area contributed by atoms with Gasteiger partial charge in [-0.3, -0.25) is 13.8 Å². The number of alkyl halides is 7. The SMILES string of the molecule is CC1(C(=O)N2CC[C@@]3(S(=O)(=O)c4ccc(F)cc4)c4ccc(C(F)(C(F)(F)F)C(F)(F)F)cc4CC[C@@H]23)COP(N)(=O)OC1. The average Bonchev–Trinajstić information content (AvgIpc) is 3.34. The highest BCUT2D eigenvalue weighted by Gasteiger charge is 2.74. The lowest BCUT2D eigenvalue weighted by Crippen LogP contribution is -2.56. The molecule has 0 spiro atoms. The van der Waals surface area contributed by atoms with Gasteiger partial charge >= 0.3 is 25.8 Å². The normalized spacial score (nSPS) is 29.7. The van der Waals surface area contributed by atoms with Gasteiger partial charge in [-0.2, -0.15) is 26.3 Å². The van der Waals surface area contributed by atoms with E-state index in [0.29, 0.717) is 6.07 Å². The first-order chi connectivity index (χ1) is 20.1. The van der Waals surface area contributed by atoms with Crippen molar-refractivity contribution in [3.63, 3.8) is 0 Å². The Morgan fingerprint density at radius 2 is 1.57 bits per heavy atom. The summed E-state index contributed by atoms with van der Waals surface area (Å²) in [6, 6.07) is 3.73. The summed E-state index contributed by atoms with van der Waals surface area (Å²) in [6.07, 6.45) is -13.7. The second-order valence-electron chi connectivity index (χ2n) is 11.3. The maximum absolute atomic E-state index is 15.0. The number of aryl methyl sites for hydroxylation is 1. The molecule has 2 aromatic carbocycles. The highest BCUT2D eigenvalue weighted by atomic mass is 32.2. The quantitative estimate of drug-likeness (QED) is 0.260. The molecule has 2 aliphatic heterocycles. The van der Waals surface area contributed by atoms with Gasteiger partial charge in [0.15, 0.2) is 9.84 Å². The second-order valence-corrected chi connectivity index (χ2v) is 15.1. The minimum absolute atomic E-state index is 0.211. The van der Waals surface area contributed by atoms with E-state index in [1.165, 1.54) is 11.8 Å². The lowest BCUT2D eigenvalue weighted by Gasteiger charge is -2.45. The molecule has 2 aromatic rings. The molecular weight excluding hydrogens is 651 g/mol. The van der Waals surface area contributed by atoms with Gasteiger partial charge in [-0.25, -0.2) is 27.3 Å². The fraction of sp³-hybridized carbons (Fsp3) is 0.500. The topological polar surface area (TPSA) is 116 Å². The first kappa shape index (κ1) is 32.8. The van der Waals surface area contributed by atoms with E-state index in [-0.39, 0.29) is 43.0 Å². The van der Waals surface area contributed by atoms with Gasteiger partial charge in [0.2, 0.25) is 5.91 Å². The van der Waals surface area contributed by atoms with Crippen LogP contribution in [-0.4, -0.2) is 57.4 Å². The number of carbonyl (C=O) groups is 1. The Bertz CT molecular complexity index is 1620. The van der Waals surface area contributed by atoms with E-state index in [9.17, 15) is 52.9 Å². The molecule has 18 heteroatoms. The second kappa shape index (κ2) is 10.2. The summed E-state index contributed by atoms with van der Waals surface area (Å²) in [5, 5.41) is 0. The van der Waals surface area contributed by atoms with Gasteiger partial charge in [-0.15, -0.1) is 0 Å². The molecule has 1 aliphatic carbocycles. The average molecular weight is 677 g/mol. The number of hydrogen-bond acceptors (Lipinski definition) is 6. The number of carbonyl (C=O) groups excluding carboxylic acids is 1. The molecule has 2 heterocycles. The zero-order chi connectivity index (χ0) is 32.7. The minimum atomic E-state index is -6.39. The van der Waals surface area contributed by atoms with Crippen LogP contribution in [0.3, 0.4) is 0 Å². The molecular formula is C26H25F8N2O6PS. The van der Waals surface area contributed by atoms with Crippen molar-refractivity contribution in [2.45, 2.75) is 59.9 Å². The molecule has 0 aromatic heterocycles. The molecule has 0 saturated carbocycles. The molecule has 0 unspecified atom stereocenters. The van der Waals surface area contributed by atoms with Gasteiger partial charge in [-0.05, 0) is 61.6 Å². The molecule has 2 N–H and O–H groups in total. The summed E-state index contributed by atoms with van der Waals surface area (Å²) >= 11 is 0. The highest BCUT2D eigenvalue weighted by molar-refractivity contribution is 7.92. The van der Waals surface area contributed by atoms with Crippen LogP contribution < -0.4 is 5.50 Å². The van der Waals surface area contributed by atoms with E-state index < -0.39 is 87.2 Å². The Hall–Kier alpha value is -2.59. The predicted molar refractivity (Wildman–Crippen MR) is 137 cm³/mol. The van der Waals surface area contributed by atoms with Crippen molar-refractivity contribution in [2.24, 2.45) is 10.9 Å². The maximum atomic E-state index is 15.0. The molecule has 44 heavy (non-hydrogen) atoms.